The molecular weight excluding hydrogens is 1140 g/mol. The summed E-state index contributed by atoms with van der Waals surface area (Å²) in [6.45, 7) is 9.04. The molecule has 5 saturated heterocycles. The van der Waals surface area contributed by atoms with Gasteiger partial charge in [-0.05, 0) is 66.6 Å². The third-order valence-corrected chi connectivity index (χ3v) is 16.5. The third kappa shape index (κ3) is 15.1. The highest BCUT2D eigenvalue weighted by molar-refractivity contribution is 5.89. The molecule has 1 amide bonds. The predicted molar refractivity (Wildman–Crippen MR) is 313 cm³/mol. The highest BCUT2D eigenvalue weighted by atomic mass is 16.8. The van der Waals surface area contributed by atoms with Crippen LogP contribution in [0.15, 0.2) is 157 Å². The lowest BCUT2D eigenvalue weighted by Gasteiger charge is -2.50. The number of hydrogen-bond acceptors (Lipinski definition) is 19. The van der Waals surface area contributed by atoms with Crippen LogP contribution >= 0.6 is 0 Å². The van der Waals surface area contributed by atoms with Gasteiger partial charge in [-0.25, -0.2) is 14.4 Å². The predicted octanol–water partition coefficient (Wildman–Crippen LogP) is 9.05. The quantitative estimate of drug-likeness (QED) is 0.0188. The Morgan fingerprint density at radius 3 is 1.53 bits per heavy atom. The molecule has 5 aliphatic rings. The number of ketones is 1. The first-order valence-corrected chi connectivity index (χ1v) is 29.9. The fraction of sp³-hybridized carbons (Fsp3) is 0.485. The van der Waals surface area contributed by atoms with E-state index in [1.165, 1.54) is 14.0 Å². The molecule has 5 aromatic rings. The van der Waals surface area contributed by atoms with Crippen molar-refractivity contribution in [2.45, 2.75) is 190 Å². The summed E-state index contributed by atoms with van der Waals surface area (Å²) in [7, 11) is 1.21. The van der Waals surface area contributed by atoms with Crippen LogP contribution in [0.2, 0.25) is 0 Å². The van der Waals surface area contributed by atoms with Crippen LogP contribution in [0.5, 0.6) is 0 Å². The fourth-order valence-electron chi connectivity index (χ4n) is 12.0. The van der Waals surface area contributed by atoms with E-state index in [0.717, 1.165) is 22.3 Å². The van der Waals surface area contributed by atoms with Crippen LogP contribution in [0.1, 0.15) is 80.1 Å². The number of nitrogens with one attached hydrogen (secondary N) is 1. The first kappa shape index (κ1) is 63.9. The Bertz CT molecular complexity index is 3100. The number of carbonyl (C=O) groups is 4. The van der Waals surface area contributed by atoms with Gasteiger partial charge in [-0.1, -0.05) is 165 Å². The minimum Gasteiger partial charge on any atom is -0.467 e. The molecule has 0 spiro atoms. The van der Waals surface area contributed by atoms with Crippen molar-refractivity contribution in [3.8, 4) is 0 Å². The van der Waals surface area contributed by atoms with Gasteiger partial charge in [0.1, 0.15) is 54.8 Å². The summed E-state index contributed by atoms with van der Waals surface area (Å²) in [5.74, 6) is -2.69. The Kier molecular flexibility index (Phi) is 22.0. The molecule has 22 heteroatoms. The lowest BCUT2D eigenvalue weighted by atomic mass is 9.90. The summed E-state index contributed by atoms with van der Waals surface area (Å²) in [5, 5.41) is 7.10. The van der Waals surface area contributed by atoms with Crippen molar-refractivity contribution >= 4 is 23.8 Å². The zero-order chi connectivity index (χ0) is 61.7. The number of carbonyl (C=O) groups excluding carboxylic acids is 4. The minimum absolute atomic E-state index is 0.0384. The van der Waals surface area contributed by atoms with Crippen LogP contribution < -0.4 is 5.32 Å². The van der Waals surface area contributed by atoms with E-state index < -0.39 is 146 Å². The lowest BCUT2D eigenvalue weighted by molar-refractivity contribution is -0.360. The molecule has 5 heterocycles. The number of amides is 1. The van der Waals surface area contributed by atoms with E-state index in [2.05, 4.69) is 15.3 Å². The average molecular weight is 1210 g/mol. The Balaban J connectivity index is 0.940. The topological polar surface area (TPSA) is 258 Å². The molecule has 0 saturated carbocycles. The maximum absolute atomic E-state index is 14.4. The van der Waals surface area contributed by atoms with Crippen LogP contribution in [0.3, 0.4) is 0 Å². The molecule has 5 aromatic carbocycles. The zero-order valence-corrected chi connectivity index (χ0v) is 49.9. The molecule has 5 aliphatic heterocycles. The molecule has 5 fully saturated rings. The van der Waals surface area contributed by atoms with Gasteiger partial charge in [0.2, 0.25) is 0 Å². The highest BCUT2D eigenvalue weighted by Gasteiger charge is 2.60. The number of alkyl carbamates (subject to hydrolysis) is 1. The van der Waals surface area contributed by atoms with Crippen molar-refractivity contribution in [1.82, 2.24) is 5.32 Å². The van der Waals surface area contributed by atoms with Gasteiger partial charge in [0.15, 0.2) is 43.0 Å². The molecular formula is C66H76N4O18. The Labute approximate surface area is 511 Å². The van der Waals surface area contributed by atoms with Gasteiger partial charge in [0.05, 0.1) is 63.5 Å². The van der Waals surface area contributed by atoms with Gasteiger partial charge in [0.25, 0.3) is 0 Å². The normalized spacial score (nSPS) is 32.7. The van der Waals surface area contributed by atoms with Crippen molar-refractivity contribution < 1.29 is 85.5 Å². The molecule has 0 aromatic heterocycles. The van der Waals surface area contributed by atoms with Gasteiger partial charge in [-0.15, -0.1) is 0 Å². The molecule has 88 heavy (non-hydrogen) atoms. The van der Waals surface area contributed by atoms with Crippen LogP contribution in [0.4, 0.5) is 4.79 Å². The molecule has 22 nitrogen and oxygen atoms in total. The van der Waals surface area contributed by atoms with E-state index in [4.69, 9.17) is 66.3 Å². The van der Waals surface area contributed by atoms with Crippen molar-refractivity contribution in [3.63, 3.8) is 0 Å². The number of rotatable bonds is 25. The summed E-state index contributed by atoms with van der Waals surface area (Å²) in [6, 6.07) is 44.1. The summed E-state index contributed by atoms with van der Waals surface area (Å²) < 4.78 is 92.0. The van der Waals surface area contributed by atoms with E-state index in [9.17, 15) is 24.7 Å². The van der Waals surface area contributed by atoms with Gasteiger partial charge in [-0.3, -0.25) is 4.79 Å². The van der Waals surface area contributed by atoms with Gasteiger partial charge in [-0.2, -0.15) is 0 Å². The minimum atomic E-state index is -1.58. The standard InChI is InChI=1S/C66H76N4O18/c1-7-46-53(77-35-42-26-16-10-17-27-42)55(78-36-43-28-18-11-19-29-43)49(69-70-67)65(81-46)85-58-50(76-34-41-24-14-9-15-25-41)38(3)63(87-60(58)62(73)75-6)84-54-47(8-2)82-64(48-56(54)88-66(74)68-48)86-59-51(39(4)71)80-40(5)52(83-61(72)45-32-22-13-23-33-45)57(59)79-37-44-30-20-12-21-31-44/h9-33,38,40,46-60,63-65H,7-8,34-37H2,1-6H3,(H,68,74)/t38?,40-,46?,47?,48+,49?,50+,51?,52?,53+,54-,55+,56?,57+,58+,59+,60?,63-,64+,65-/m1/s1. The molecule has 468 valence electrons. The maximum Gasteiger partial charge on any atom is 0.408 e. The zero-order valence-electron chi connectivity index (χ0n) is 49.9. The summed E-state index contributed by atoms with van der Waals surface area (Å²) in [4.78, 5) is 58.7. The van der Waals surface area contributed by atoms with Crippen molar-refractivity contribution in [2.75, 3.05) is 7.11 Å². The first-order chi connectivity index (χ1) is 42.8. The molecule has 0 aliphatic carbocycles. The van der Waals surface area contributed by atoms with Crippen molar-refractivity contribution in [3.05, 3.63) is 190 Å². The van der Waals surface area contributed by atoms with Gasteiger partial charge >= 0.3 is 18.0 Å². The number of fused-ring (bicyclic) bond motifs is 1. The first-order valence-electron chi connectivity index (χ1n) is 29.9. The van der Waals surface area contributed by atoms with E-state index in [0.29, 0.717) is 6.42 Å². The SMILES string of the molecule is CCC1O[C@@H](O[C@H]2C(C(C)=O)O[C@H](C)C(OC(=O)c3ccccc3)[C@@H]2OCc2ccccc2)[C@H]2NC(=O)OC2[C@@H]1O[C@@H]1OC(C(=O)OC)[C@@H](O[C@H]2OC(CC)[C@H](OCc3ccccc3)[C@@H](OCc3ccccc3)C2N=[N+]=[N-])[C@@H](OCc2ccccc2)C1C. The average Bonchev–Trinajstić information content (AvgIpc) is 2.76. The van der Waals surface area contributed by atoms with Crippen LogP contribution in [0.25, 0.3) is 10.4 Å². The van der Waals surface area contributed by atoms with E-state index in [1.807, 2.05) is 135 Å². The second-order valence-corrected chi connectivity index (χ2v) is 22.4. The van der Waals surface area contributed by atoms with E-state index >= 15 is 0 Å². The summed E-state index contributed by atoms with van der Waals surface area (Å²) >= 11 is 0. The van der Waals surface area contributed by atoms with Crippen LogP contribution in [0, 0.1) is 5.92 Å². The number of benzene rings is 5. The number of hydrogen-bond donors (Lipinski definition) is 1. The van der Waals surface area contributed by atoms with Gasteiger partial charge < -0.3 is 71.6 Å². The maximum atomic E-state index is 14.4. The molecule has 1 N–H and O–H groups in total. The Hall–Kier alpha value is -7.15. The molecule has 0 bridgehead atoms. The third-order valence-electron chi connectivity index (χ3n) is 16.5. The monoisotopic (exact) mass is 1210 g/mol. The Morgan fingerprint density at radius 2 is 1.01 bits per heavy atom. The number of nitrogens with zero attached hydrogens (tertiary/aromatic N) is 3. The molecule has 0 radical (unpaired) electrons. The molecule has 8 unspecified atom stereocenters. The second kappa shape index (κ2) is 30.4. The number of methoxy groups -OCH3 is 1. The number of Topliss-reactive ketones (excluding diaryl/α,β-unsaturated/α-hetero) is 1. The smallest absolute Gasteiger partial charge is 0.408 e. The number of azide groups is 1. The summed E-state index contributed by atoms with van der Waals surface area (Å²) in [6.07, 6.45) is -19.2. The molecule has 10 rings (SSSR count). The number of ether oxygens (including phenoxy) is 14. The van der Waals surface area contributed by atoms with Crippen molar-refractivity contribution in [1.29, 1.82) is 0 Å². The lowest BCUT2D eigenvalue weighted by Crippen LogP contribution is -2.67. The fourth-order valence-corrected chi connectivity index (χ4v) is 12.0. The van der Waals surface area contributed by atoms with E-state index in [-0.39, 0.29) is 38.4 Å². The molecule has 20 atom stereocenters. The van der Waals surface area contributed by atoms with Crippen LogP contribution in [-0.2, 0) is 102 Å². The van der Waals surface area contributed by atoms with Crippen molar-refractivity contribution in [2.24, 2.45) is 11.0 Å². The van der Waals surface area contributed by atoms with Crippen LogP contribution in [-0.4, -0.2) is 147 Å². The Morgan fingerprint density at radius 1 is 0.545 bits per heavy atom. The second-order valence-electron chi connectivity index (χ2n) is 22.4. The largest absolute Gasteiger partial charge is 0.467 e. The van der Waals surface area contributed by atoms with Gasteiger partial charge in [0, 0.05) is 10.8 Å². The van der Waals surface area contributed by atoms with E-state index in [1.54, 1.807) is 44.2 Å². The number of esters is 2. The highest BCUT2D eigenvalue weighted by Crippen LogP contribution is 2.42. The summed E-state index contributed by atoms with van der Waals surface area (Å²) in [5.41, 5.74) is 13.9.